The fourth-order valence-corrected chi connectivity index (χ4v) is 2.79. The molecular weight excluding hydrogens is 300 g/mol. The average molecular weight is 320 g/mol. The number of likely N-dealkylation sites (tertiary alicyclic amines) is 1. The molecule has 1 aromatic rings. The molecule has 1 fully saturated rings. The van der Waals surface area contributed by atoms with E-state index in [1.54, 1.807) is 6.07 Å². The van der Waals surface area contributed by atoms with Crippen LogP contribution in [0.3, 0.4) is 0 Å². The van der Waals surface area contributed by atoms with Gasteiger partial charge in [0.25, 0.3) is 5.91 Å². The van der Waals surface area contributed by atoms with Gasteiger partial charge in [-0.2, -0.15) is 0 Å². The summed E-state index contributed by atoms with van der Waals surface area (Å²) in [5.74, 6) is -0.449. The number of hydrogen-bond donors (Lipinski definition) is 1. The predicted octanol–water partition coefficient (Wildman–Crippen LogP) is 1.89. The standard InChI is InChI=1S/C16H20N2O3S/c1-11-4-3-5-13(10-11)14(19)17-16(22)18-8-6-12(7-9-18)15(20)21-2/h3-5,10,12H,6-9H2,1-2H3,(H,17,19,22). The molecule has 1 amide bonds. The summed E-state index contributed by atoms with van der Waals surface area (Å²) in [6, 6.07) is 7.36. The monoisotopic (exact) mass is 320 g/mol. The zero-order valence-electron chi connectivity index (χ0n) is 12.8. The second kappa shape index (κ2) is 7.35. The number of carbonyl (C=O) groups is 2. The molecule has 1 heterocycles. The van der Waals surface area contributed by atoms with E-state index in [-0.39, 0.29) is 17.8 Å². The predicted molar refractivity (Wildman–Crippen MR) is 87.6 cm³/mol. The number of thiocarbonyl (C=S) groups is 1. The second-order valence-electron chi connectivity index (χ2n) is 5.41. The number of amides is 1. The Morgan fingerprint density at radius 3 is 2.59 bits per heavy atom. The summed E-state index contributed by atoms with van der Waals surface area (Å²) in [6.45, 7) is 3.23. The lowest BCUT2D eigenvalue weighted by atomic mass is 9.97. The lowest BCUT2D eigenvalue weighted by molar-refractivity contribution is -0.146. The van der Waals surface area contributed by atoms with Crippen LogP contribution in [0.25, 0.3) is 0 Å². The van der Waals surface area contributed by atoms with Crippen LogP contribution >= 0.6 is 12.2 Å². The molecule has 0 unspecified atom stereocenters. The maximum Gasteiger partial charge on any atom is 0.308 e. The Labute approximate surface area is 135 Å². The lowest BCUT2D eigenvalue weighted by Crippen LogP contribution is -2.47. The summed E-state index contributed by atoms with van der Waals surface area (Å²) in [6.07, 6.45) is 1.38. The van der Waals surface area contributed by atoms with Crippen molar-refractivity contribution in [3.63, 3.8) is 0 Å². The van der Waals surface area contributed by atoms with Crippen LogP contribution in [0.2, 0.25) is 0 Å². The quantitative estimate of drug-likeness (QED) is 0.666. The van der Waals surface area contributed by atoms with Crippen molar-refractivity contribution >= 4 is 29.2 Å². The maximum absolute atomic E-state index is 12.2. The highest BCUT2D eigenvalue weighted by atomic mass is 32.1. The molecule has 0 atom stereocenters. The summed E-state index contributed by atoms with van der Waals surface area (Å²) in [5.41, 5.74) is 1.62. The molecule has 0 saturated carbocycles. The van der Waals surface area contributed by atoms with Crippen LogP contribution < -0.4 is 5.32 Å². The third-order valence-electron chi connectivity index (χ3n) is 3.82. The number of ether oxygens (including phenoxy) is 1. The molecule has 1 aliphatic heterocycles. The number of piperidine rings is 1. The maximum atomic E-state index is 12.2. The van der Waals surface area contributed by atoms with Gasteiger partial charge in [0.05, 0.1) is 13.0 Å². The van der Waals surface area contributed by atoms with Crippen molar-refractivity contribution in [1.29, 1.82) is 0 Å². The van der Waals surface area contributed by atoms with E-state index in [1.807, 2.05) is 30.0 Å². The highest BCUT2D eigenvalue weighted by Crippen LogP contribution is 2.18. The highest BCUT2D eigenvalue weighted by Gasteiger charge is 2.27. The number of rotatable bonds is 2. The first-order valence-corrected chi connectivity index (χ1v) is 7.67. The molecule has 1 aromatic carbocycles. The summed E-state index contributed by atoms with van der Waals surface area (Å²) < 4.78 is 4.76. The molecule has 0 bridgehead atoms. The minimum absolute atomic E-state index is 0.0727. The Balaban J connectivity index is 1.88. The molecule has 2 rings (SSSR count). The van der Waals surface area contributed by atoms with Gasteiger partial charge in [-0.1, -0.05) is 17.7 Å². The number of benzene rings is 1. The van der Waals surface area contributed by atoms with E-state index in [0.29, 0.717) is 36.6 Å². The molecule has 1 N–H and O–H groups in total. The number of carbonyl (C=O) groups excluding carboxylic acids is 2. The largest absolute Gasteiger partial charge is 0.469 e. The van der Waals surface area contributed by atoms with Gasteiger partial charge in [-0.05, 0) is 44.1 Å². The molecule has 1 aliphatic rings. The van der Waals surface area contributed by atoms with E-state index in [2.05, 4.69) is 5.32 Å². The van der Waals surface area contributed by atoms with E-state index in [4.69, 9.17) is 17.0 Å². The van der Waals surface area contributed by atoms with Crippen molar-refractivity contribution in [2.45, 2.75) is 19.8 Å². The van der Waals surface area contributed by atoms with Crippen molar-refractivity contribution in [3.8, 4) is 0 Å². The Bertz CT molecular complexity index is 581. The lowest BCUT2D eigenvalue weighted by Gasteiger charge is -2.32. The number of hydrogen-bond acceptors (Lipinski definition) is 4. The van der Waals surface area contributed by atoms with Crippen LogP contribution in [0, 0.1) is 12.8 Å². The molecule has 0 aliphatic carbocycles. The van der Waals surface area contributed by atoms with Crippen molar-refractivity contribution in [2.24, 2.45) is 5.92 Å². The van der Waals surface area contributed by atoms with Gasteiger partial charge in [0.2, 0.25) is 0 Å². The molecule has 1 saturated heterocycles. The molecule has 5 nitrogen and oxygen atoms in total. The molecule has 22 heavy (non-hydrogen) atoms. The molecule has 0 spiro atoms. The Morgan fingerprint density at radius 1 is 1.32 bits per heavy atom. The zero-order valence-corrected chi connectivity index (χ0v) is 13.6. The van der Waals surface area contributed by atoms with E-state index in [1.165, 1.54) is 7.11 Å². The van der Waals surface area contributed by atoms with Gasteiger partial charge in [0.1, 0.15) is 0 Å². The number of esters is 1. The second-order valence-corrected chi connectivity index (χ2v) is 5.80. The fourth-order valence-electron chi connectivity index (χ4n) is 2.52. The van der Waals surface area contributed by atoms with Crippen LogP contribution in [-0.2, 0) is 9.53 Å². The average Bonchev–Trinajstić information content (AvgIpc) is 2.54. The number of nitrogens with zero attached hydrogens (tertiary/aromatic N) is 1. The van der Waals surface area contributed by atoms with Crippen molar-refractivity contribution < 1.29 is 14.3 Å². The highest BCUT2D eigenvalue weighted by molar-refractivity contribution is 7.80. The first kappa shape index (κ1) is 16.4. The van der Waals surface area contributed by atoms with E-state index < -0.39 is 0 Å². The fraction of sp³-hybridized carbons (Fsp3) is 0.438. The molecule has 0 radical (unpaired) electrons. The smallest absolute Gasteiger partial charge is 0.308 e. The number of methoxy groups -OCH3 is 1. The van der Waals surface area contributed by atoms with Gasteiger partial charge in [-0.3, -0.25) is 14.9 Å². The van der Waals surface area contributed by atoms with Crippen LogP contribution in [0.4, 0.5) is 0 Å². The zero-order chi connectivity index (χ0) is 16.1. The molecule has 0 aromatic heterocycles. The number of aryl methyl sites for hydroxylation is 1. The van der Waals surface area contributed by atoms with Crippen molar-refractivity contribution in [2.75, 3.05) is 20.2 Å². The van der Waals surface area contributed by atoms with E-state index in [0.717, 1.165) is 5.56 Å². The summed E-state index contributed by atoms with van der Waals surface area (Å²) >= 11 is 5.29. The van der Waals surface area contributed by atoms with Gasteiger partial charge in [-0.15, -0.1) is 0 Å². The van der Waals surface area contributed by atoms with E-state index >= 15 is 0 Å². The van der Waals surface area contributed by atoms with Gasteiger partial charge in [0.15, 0.2) is 5.11 Å². The minimum Gasteiger partial charge on any atom is -0.469 e. The third kappa shape index (κ3) is 4.04. The van der Waals surface area contributed by atoms with Crippen LogP contribution in [-0.4, -0.2) is 42.1 Å². The Kier molecular flexibility index (Phi) is 5.49. The Hall–Kier alpha value is -1.95. The molecular formula is C16H20N2O3S. The summed E-state index contributed by atoms with van der Waals surface area (Å²) in [4.78, 5) is 25.6. The summed E-state index contributed by atoms with van der Waals surface area (Å²) in [5, 5.41) is 3.17. The van der Waals surface area contributed by atoms with Crippen LogP contribution in [0.1, 0.15) is 28.8 Å². The molecule has 6 heteroatoms. The van der Waals surface area contributed by atoms with Crippen LogP contribution in [0.5, 0.6) is 0 Å². The molecule has 118 valence electrons. The summed E-state index contributed by atoms with van der Waals surface area (Å²) in [7, 11) is 1.40. The SMILES string of the molecule is COC(=O)C1CCN(C(=S)NC(=O)c2cccc(C)c2)CC1. The number of nitrogens with one attached hydrogen (secondary N) is 1. The third-order valence-corrected chi connectivity index (χ3v) is 4.18. The van der Waals surface area contributed by atoms with Crippen molar-refractivity contribution in [1.82, 2.24) is 10.2 Å². The minimum atomic E-state index is -0.205. The van der Waals surface area contributed by atoms with Crippen molar-refractivity contribution in [3.05, 3.63) is 35.4 Å². The van der Waals surface area contributed by atoms with Gasteiger partial charge >= 0.3 is 5.97 Å². The Morgan fingerprint density at radius 2 is 2.00 bits per heavy atom. The topological polar surface area (TPSA) is 58.6 Å². The first-order chi connectivity index (χ1) is 10.5. The van der Waals surface area contributed by atoms with Crippen LogP contribution in [0.15, 0.2) is 24.3 Å². The first-order valence-electron chi connectivity index (χ1n) is 7.26. The van der Waals surface area contributed by atoms with Gasteiger partial charge < -0.3 is 9.64 Å². The normalized spacial score (nSPS) is 15.3. The van der Waals surface area contributed by atoms with E-state index in [9.17, 15) is 9.59 Å². The van der Waals surface area contributed by atoms with Gasteiger partial charge in [0, 0.05) is 18.7 Å². The van der Waals surface area contributed by atoms with Gasteiger partial charge in [-0.25, -0.2) is 0 Å².